The van der Waals surface area contributed by atoms with E-state index in [0.29, 0.717) is 11.1 Å². The lowest BCUT2D eigenvalue weighted by Gasteiger charge is -2.30. The Kier molecular flexibility index (Phi) is 11.0. The van der Waals surface area contributed by atoms with Gasteiger partial charge in [0.25, 0.3) is 0 Å². The zero-order chi connectivity index (χ0) is 32.8. The molecule has 0 aliphatic heterocycles. The predicted molar refractivity (Wildman–Crippen MR) is 164 cm³/mol. The van der Waals surface area contributed by atoms with Gasteiger partial charge in [-0.25, -0.2) is 14.4 Å². The molecule has 4 saturated carbocycles. The highest BCUT2D eigenvalue weighted by atomic mass is 16.5. The highest BCUT2D eigenvalue weighted by molar-refractivity contribution is 5.90. The number of hydrogen-bond donors (Lipinski definition) is 5. The second kappa shape index (κ2) is 14.5. The van der Waals surface area contributed by atoms with Crippen molar-refractivity contribution in [3.8, 4) is 0 Å². The lowest BCUT2D eigenvalue weighted by molar-refractivity contribution is -0.151. The van der Waals surface area contributed by atoms with Crippen LogP contribution in [-0.2, 0) is 30.1 Å². The van der Waals surface area contributed by atoms with E-state index in [1.807, 2.05) is 24.3 Å². The van der Waals surface area contributed by atoms with Crippen molar-refractivity contribution in [2.75, 3.05) is 14.2 Å². The van der Waals surface area contributed by atoms with Crippen molar-refractivity contribution in [1.82, 2.24) is 5.32 Å². The summed E-state index contributed by atoms with van der Waals surface area (Å²) in [5.41, 5.74) is 8.63. The van der Waals surface area contributed by atoms with Crippen molar-refractivity contribution in [2.24, 2.45) is 17.6 Å². The van der Waals surface area contributed by atoms with Gasteiger partial charge in [-0.05, 0) is 98.6 Å². The average Bonchev–Trinajstić information content (AvgIpc) is 3.93. The topological polar surface area (TPSA) is 185 Å². The summed E-state index contributed by atoms with van der Waals surface area (Å²) in [7, 11) is 2.72. The fraction of sp³-hybridized carbons (Fsp3) is 0.529. The van der Waals surface area contributed by atoms with Crippen LogP contribution in [0.3, 0.4) is 0 Å². The molecule has 244 valence electrons. The first-order valence-corrected chi connectivity index (χ1v) is 15.5. The number of carboxylic acid groups (broad SMARTS) is 1. The van der Waals surface area contributed by atoms with Crippen molar-refractivity contribution in [3.63, 3.8) is 0 Å². The summed E-state index contributed by atoms with van der Waals surface area (Å²) >= 11 is 0. The van der Waals surface area contributed by atoms with Gasteiger partial charge < -0.3 is 35.8 Å². The first-order valence-electron chi connectivity index (χ1n) is 15.5. The maximum absolute atomic E-state index is 12.2. The summed E-state index contributed by atoms with van der Waals surface area (Å²) in [5.74, 6) is -1.90. The molecule has 2 atom stereocenters. The predicted octanol–water partition coefficient (Wildman–Crippen LogP) is 3.39. The Balaban J connectivity index is 0.000000171. The number of benzene rings is 2. The lowest BCUT2D eigenvalue weighted by atomic mass is 9.80. The summed E-state index contributed by atoms with van der Waals surface area (Å²) in [4.78, 5) is 44.9. The summed E-state index contributed by atoms with van der Waals surface area (Å²) in [6, 6.07) is 14.4. The van der Waals surface area contributed by atoms with Crippen molar-refractivity contribution < 1.29 is 44.0 Å². The fourth-order valence-corrected chi connectivity index (χ4v) is 5.37. The van der Waals surface area contributed by atoms with E-state index in [9.17, 15) is 24.3 Å². The van der Waals surface area contributed by atoms with Crippen molar-refractivity contribution in [3.05, 3.63) is 70.8 Å². The van der Waals surface area contributed by atoms with Crippen LogP contribution in [0.15, 0.2) is 48.5 Å². The molecule has 2 unspecified atom stereocenters. The van der Waals surface area contributed by atoms with Crippen LogP contribution in [0.4, 0.5) is 0 Å². The van der Waals surface area contributed by atoms with Crippen LogP contribution in [0.1, 0.15) is 96.1 Å². The molecule has 0 saturated heterocycles. The second-order valence-corrected chi connectivity index (χ2v) is 12.5. The maximum Gasteiger partial charge on any atom is 0.337 e. The van der Waals surface area contributed by atoms with Crippen LogP contribution >= 0.6 is 0 Å². The van der Waals surface area contributed by atoms with Crippen molar-refractivity contribution in [2.45, 2.75) is 87.5 Å². The van der Waals surface area contributed by atoms with Crippen molar-refractivity contribution in [1.29, 1.82) is 0 Å². The van der Waals surface area contributed by atoms with Crippen LogP contribution < -0.4 is 11.1 Å². The number of aliphatic hydroxyl groups excluding tert-OH is 2. The number of nitrogens with one attached hydrogen (secondary N) is 1. The van der Waals surface area contributed by atoms with Gasteiger partial charge in [-0.15, -0.1) is 0 Å². The van der Waals surface area contributed by atoms with E-state index in [0.717, 1.165) is 75.3 Å². The summed E-state index contributed by atoms with van der Waals surface area (Å²) < 4.78 is 9.28. The molecule has 0 bridgehead atoms. The van der Waals surface area contributed by atoms with E-state index in [-0.39, 0.29) is 40.8 Å². The Morgan fingerprint density at radius 1 is 0.733 bits per heavy atom. The molecule has 45 heavy (non-hydrogen) atoms. The molecule has 6 N–H and O–H groups in total. The Morgan fingerprint density at radius 2 is 1.16 bits per heavy atom. The molecular formula is C34H44N2O9. The second-order valence-electron chi connectivity index (χ2n) is 12.5. The van der Waals surface area contributed by atoms with E-state index in [4.69, 9.17) is 15.9 Å². The number of carbonyl (C=O) groups excluding carboxylic acids is 3. The molecule has 6 rings (SSSR count). The van der Waals surface area contributed by atoms with Crippen LogP contribution in [0.5, 0.6) is 0 Å². The van der Waals surface area contributed by atoms with E-state index in [1.165, 1.54) is 14.2 Å². The van der Waals surface area contributed by atoms with Crippen LogP contribution in [0.25, 0.3) is 0 Å². The third-order valence-corrected chi connectivity index (χ3v) is 9.35. The Hall–Kier alpha value is -3.80. The number of aliphatic hydroxyl groups is 2. The van der Waals surface area contributed by atoms with Crippen LogP contribution in [0, 0.1) is 11.8 Å². The van der Waals surface area contributed by atoms with E-state index >= 15 is 0 Å². The normalized spacial score (nSPS) is 20.1. The fourth-order valence-electron chi connectivity index (χ4n) is 5.37. The number of amides is 1. The highest BCUT2D eigenvalue weighted by Gasteiger charge is 2.47. The van der Waals surface area contributed by atoms with Gasteiger partial charge in [-0.2, -0.15) is 0 Å². The summed E-state index contributed by atoms with van der Waals surface area (Å²) in [6.45, 7) is 0. The standard InChI is InChI=1S/C17H21NO4.C11H13NO2.C6H10O3/c1-22-16(21)12-5-7-13(8-6-12)17(9-10-17)18-15(20)14(19)11-3-2-4-11;1-14-10(13)8-2-4-9(5-3-8)11(12)6-7-11;7-5(6(8)9)4-2-1-3-4/h5-8,11,14,19H,2-4,9-10H2,1H3,(H,18,20);2-5H,6-7,12H2,1H3;4-5,7H,1-3H2,(H,8,9). The van der Waals surface area contributed by atoms with Gasteiger partial charge in [0, 0.05) is 5.54 Å². The van der Waals surface area contributed by atoms with Crippen LogP contribution in [0.2, 0.25) is 0 Å². The minimum atomic E-state index is -1.11. The number of nitrogens with two attached hydrogens (primary N) is 1. The molecule has 1 amide bonds. The molecule has 11 heteroatoms. The number of aliphatic carboxylic acids is 1. The number of esters is 2. The minimum absolute atomic E-state index is 0.0301. The summed E-state index contributed by atoms with van der Waals surface area (Å²) in [5, 5.41) is 30.2. The number of carboxylic acids is 1. The number of carbonyl (C=O) groups is 4. The molecular weight excluding hydrogens is 580 g/mol. The number of ether oxygens (including phenoxy) is 2. The van der Waals surface area contributed by atoms with Gasteiger partial charge in [0.1, 0.15) is 6.10 Å². The molecule has 0 spiro atoms. The zero-order valence-corrected chi connectivity index (χ0v) is 25.9. The molecule has 11 nitrogen and oxygen atoms in total. The van der Waals surface area contributed by atoms with Gasteiger partial charge >= 0.3 is 17.9 Å². The molecule has 0 aromatic heterocycles. The molecule has 2 aromatic carbocycles. The number of rotatable bonds is 9. The number of hydrogen-bond acceptors (Lipinski definition) is 9. The SMILES string of the molecule is COC(=O)c1ccc(C2(N)CC2)cc1.COC(=O)c1ccc(C2(NC(=O)C(O)C3CCC3)CC2)cc1.O=C(O)C(O)C1CCC1. The molecule has 4 fully saturated rings. The van der Waals surface area contributed by atoms with Crippen molar-refractivity contribution >= 4 is 23.8 Å². The third-order valence-electron chi connectivity index (χ3n) is 9.35. The van der Waals surface area contributed by atoms with Gasteiger partial charge in [0.05, 0.1) is 30.9 Å². The Morgan fingerprint density at radius 3 is 1.47 bits per heavy atom. The van der Waals surface area contributed by atoms with Gasteiger partial charge in [0.2, 0.25) is 5.91 Å². The minimum Gasteiger partial charge on any atom is -0.479 e. The van der Waals surface area contributed by atoms with Crippen LogP contribution in [-0.4, -0.2) is 65.6 Å². The maximum atomic E-state index is 12.2. The Labute approximate surface area is 263 Å². The molecule has 0 heterocycles. The quantitative estimate of drug-likeness (QED) is 0.259. The molecule has 4 aliphatic rings. The van der Waals surface area contributed by atoms with Gasteiger partial charge in [0.15, 0.2) is 6.10 Å². The largest absolute Gasteiger partial charge is 0.479 e. The third kappa shape index (κ3) is 8.47. The van der Waals surface area contributed by atoms with E-state index in [2.05, 4.69) is 14.8 Å². The molecule has 2 aromatic rings. The molecule has 4 aliphatic carbocycles. The molecule has 0 radical (unpaired) electrons. The highest BCUT2D eigenvalue weighted by Crippen LogP contribution is 2.46. The monoisotopic (exact) mass is 624 g/mol. The first kappa shape index (κ1) is 34.1. The van der Waals surface area contributed by atoms with E-state index in [1.54, 1.807) is 24.3 Å². The smallest absolute Gasteiger partial charge is 0.337 e. The summed E-state index contributed by atoms with van der Waals surface area (Å²) in [6.07, 6.45) is 7.51. The van der Waals surface area contributed by atoms with E-state index < -0.39 is 18.2 Å². The Bertz CT molecular complexity index is 1340. The average molecular weight is 625 g/mol. The first-order chi connectivity index (χ1) is 21.4. The van der Waals surface area contributed by atoms with Gasteiger partial charge in [-0.3, -0.25) is 4.79 Å². The number of methoxy groups -OCH3 is 2. The lowest BCUT2D eigenvalue weighted by Crippen LogP contribution is -2.46. The zero-order valence-electron chi connectivity index (χ0n) is 25.9. The van der Waals surface area contributed by atoms with Gasteiger partial charge in [-0.1, -0.05) is 37.1 Å².